The third-order valence-electron chi connectivity index (χ3n) is 4.32. The van der Waals surface area contributed by atoms with Gasteiger partial charge in [0.15, 0.2) is 0 Å². The SMILES string of the molecule is CC1(C)OB(C(=Cc2c[nH]c(=O)c(C(F)(F)F)c2)CS)OC1(C)C. The van der Waals surface area contributed by atoms with Gasteiger partial charge in [-0.05, 0) is 44.8 Å². The van der Waals surface area contributed by atoms with Crippen LogP contribution in [0.15, 0.2) is 22.5 Å². The molecular formula is C15H19BF3NO3S. The van der Waals surface area contributed by atoms with Crippen molar-refractivity contribution in [1.82, 2.24) is 4.98 Å². The Kier molecular flexibility index (Phi) is 5.00. The van der Waals surface area contributed by atoms with E-state index in [-0.39, 0.29) is 11.3 Å². The predicted octanol–water partition coefficient (Wildman–Crippen LogP) is 3.34. The molecule has 0 aliphatic carbocycles. The molecule has 1 aromatic rings. The van der Waals surface area contributed by atoms with Gasteiger partial charge in [-0.3, -0.25) is 4.79 Å². The highest BCUT2D eigenvalue weighted by atomic mass is 32.1. The lowest BCUT2D eigenvalue weighted by Gasteiger charge is -2.32. The van der Waals surface area contributed by atoms with Gasteiger partial charge in [-0.2, -0.15) is 25.8 Å². The summed E-state index contributed by atoms with van der Waals surface area (Å²) in [5.41, 5.74) is -2.80. The van der Waals surface area contributed by atoms with Gasteiger partial charge in [-0.1, -0.05) is 6.08 Å². The highest BCUT2D eigenvalue weighted by Gasteiger charge is 2.52. The second kappa shape index (κ2) is 6.27. The van der Waals surface area contributed by atoms with Crippen LogP contribution in [0.4, 0.5) is 13.2 Å². The smallest absolute Gasteiger partial charge is 0.400 e. The van der Waals surface area contributed by atoms with E-state index in [2.05, 4.69) is 17.6 Å². The van der Waals surface area contributed by atoms with E-state index >= 15 is 0 Å². The number of pyridine rings is 1. The molecule has 0 saturated carbocycles. The first-order valence-electron chi connectivity index (χ1n) is 7.34. The summed E-state index contributed by atoms with van der Waals surface area (Å²) in [4.78, 5) is 13.4. The maximum Gasteiger partial charge on any atom is 0.491 e. The second-order valence-electron chi connectivity index (χ2n) is 6.64. The topological polar surface area (TPSA) is 51.3 Å². The van der Waals surface area contributed by atoms with Crippen LogP contribution in [-0.4, -0.2) is 29.1 Å². The molecule has 1 N–H and O–H groups in total. The van der Waals surface area contributed by atoms with E-state index in [9.17, 15) is 18.0 Å². The molecule has 1 aliphatic heterocycles. The Labute approximate surface area is 144 Å². The summed E-state index contributed by atoms with van der Waals surface area (Å²) in [6, 6.07) is 0.799. The normalized spacial score (nSPS) is 20.5. The van der Waals surface area contributed by atoms with Gasteiger partial charge in [0.25, 0.3) is 5.56 Å². The second-order valence-corrected chi connectivity index (χ2v) is 6.96. The first kappa shape index (κ1) is 19.1. The summed E-state index contributed by atoms with van der Waals surface area (Å²) in [6.45, 7) is 7.52. The van der Waals surface area contributed by atoms with Crippen molar-refractivity contribution in [3.63, 3.8) is 0 Å². The molecule has 1 aliphatic rings. The molecule has 2 heterocycles. The van der Waals surface area contributed by atoms with Crippen molar-refractivity contribution in [1.29, 1.82) is 0 Å². The fourth-order valence-corrected chi connectivity index (χ4v) is 2.43. The molecule has 0 atom stereocenters. The van der Waals surface area contributed by atoms with E-state index in [0.29, 0.717) is 5.47 Å². The number of aromatic amines is 1. The summed E-state index contributed by atoms with van der Waals surface area (Å²) in [6.07, 6.45) is -2.02. The minimum atomic E-state index is -4.72. The third-order valence-corrected chi connectivity index (χ3v) is 4.69. The Bertz CT molecular complexity index is 697. The zero-order valence-electron chi connectivity index (χ0n) is 13.8. The molecule has 0 spiro atoms. The van der Waals surface area contributed by atoms with Crippen molar-refractivity contribution < 1.29 is 22.5 Å². The Morgan fingerprint density at radius 2 is 1.83 bits per heavy atom. The molecule has 0 amide bonds. The van der Waals surface area contributed by atoms with Gasteiger partial charge in [0, 0.05) is 11.9 Å². The molecule has 1 aromatic heterocycles. The first-order chi connectivity index (χ1) is 10.9. The highest BCUT2D eigenvalue weighted by molar-refractivity contribution is 7.80. The van der Waals surface area contributed by atoms with E-state index in [1.807, 2.05) is 27.7 Å². The molecule has 0 aromatic carbocycles. The standard InChI is InChI=1S/C15H19BF3NO3S/c1-13(2)14(3,4)23-16(22-13)10(8-24)5-9-6-11(15(17,18)19)12(21)20-7-9/h5-7,24H,8H2,1-4H3,(H,20,21). The van der Waals surface area contributed by atoms with Gasteiger partial charge in [-0.15, -0.1) is 0 Å². The molecule has 0 unspecified atom stereocenters. The van der Waals surface area contributed by atoms with E-state index in [4.69, 9.17) is 9.31 Å². The summed E-state index contributed by atoms with van der Waals surface area (Å²) in [5.74, 6) is 0.233. The lowest BCUT2D eigenvalue weighted by Crippen LogP contribution is -2.41. The van der Waals surface area contributed by atoms with Crippen LogP contribution in [0.25, 0.3) is 6.08 Å². The van der Waals surface area contributed by atoms with Crippen LogP contribution in [-0.2, 0) is 15.5 Å². The Balaban J connectivity index is 2.38. The molecule has 0 radical (unpaired) electrons. The number of hydrogen-bond donors (Lipinski definition) is 2. The van der Waals surface area contributed by atoms with Crippen molar-refractivity contribution in [3.8, 4) is 0 Å². The summed E-state index contributed by atoms with van der Waals surface area (Å²) in [7, 11) is -0.714. The number of thiol groups is 1. The van der Waals surface area contributed by atoms with Crippen LogP contribution in [0.2, 0.25) is 0 Å². The number of nitrogens with one attached hydrogen (secondary N) is 1. The maximum atomic E-state index is 12.8. The van der Waals surface area contributed by atoms with Crippen LogP contribution >= 0.6 is 12.6 Å². The molecular weight excluding hydrogens is 342 g/mol. The molecule has 0 bridgehead atoms. The van der Waals surface area contributed by atoms with Crippen LogP contribution < -0.4 is 5.56 Å². The van der Waals surface area contributed by atoms with E-state index < -0.39 is 35.6 Å². The molecule has 1 fully saturated rings. The molecule has 2 rings (SSSR count). The van der Waals surface area contributed by atoms with Crippen molar-refractivity contribution in [3.05, 3.63) is 39.2 Å². The van der Waals surface area contributed by atoms with E-state index in [1.165, 1.54) is 12.3 Å². The monoisotopic (exact) mass is 361 g/mol. The Morgan fingerprint density at radius 1 is 1.29 bits per heavy atom. The fourth-order valence-electron chi connectivity index (χ4n) is 2.19. The lowest BCUT2D eigenvalue weighted by molar-refractivity contribution is -0.138. The molecule has 9 heteroatoms. The van der Waals surface area contributed by atoms with E-state index in [0.717, 1.165) is 6.07 Å². The van der Waals surface area contributed by atoms with Gasteiger partial charge >= 0.3 is 13.3 Å². The first-order valence-corrected chi connectivity index (χ1v) is 7.97. The number of rotatable bonds is 3. The van der Waals surface area contributed by atoms with Gasteiger partial charge in [0.2, 0.25) is 0 Å². The van der Waals surface area contributed by atoms with Crippen molar-refractivity contribution >= 4 is 25.8 Å². The predicted molar refractivity (Wildman–Crippen MR) is 90.0 cm³/mol. The summed E-state index contributed by atoms with van der Waals surface area (Å²) >= 11 is 4.22. The molecule has 1 saturated heterocycles. The zero-order chi connectivity index (χ0) is 18.3. The maximum absolute atomic E-state index is 12.8. The zero-order valence-corrected chi connectivity index (χ0v) is 14.7. The van der Waals surface area contributed by atoms with Gasteiger partial charge < -0.3 is 14.3 Å². The Hall–Kier alpha value is -1.19. The minimum Gasteiger partial charge on any atom is -0.400 e. The molecule has 132 valence electrons. The number of hydrogen-bond acceptors (Lipinski definition) is 4. The van der Waals surface area contributed by atoms with Crippen molar-refractivity contribution in [2.45, 2.75) is 45.1 Å². The quantitative estimate of drug-likeness (QED) is 0.642. The number of H-pyrrole nitrogens is 1. The van der Waals surface area contributed by atoms with Crippen LogP contribution in [0.3, 0.4) is 0 Å². The van der Waals surface area contributed by atoms with Gasteiger partial charge in [0.05, 0.1) is 11.2 Å². The Morgan fingerprint density at radius 3 is 2.29 bits per heavy atom. The van der Waals surface area contributed by atoms with Crippen molar-refractivity contribution in [2.24, 2.45) is 0 Å². The molecule has 4 nitrogen and oxygen atoms in total. The molecule has 24 heavy (non-hydrogen) atoms. The van der Waals surface area contributed by atoms with Crippen molar-refractivity contribution in [2.75, 3.05) is 5.75 Å². The fraction of sp³-hybridized carbons (Fsp3) is 0.533. The number of aromatic nitrogens is 1. The van der Waals surface area contributed by atoms with Crippen LogP contribution in [0.1, 0.15) is 38.8 Å². The third kappa shape index (κ3) is 3.73. The minimum absolute atomic E-state index is 0.195. The van der Waals surface area contributed by atoms with E-state index in [1.54, 1.807) is 0 Å². The average molecular weight is 361 g/mol. The van der Waals surface area contributed by atoms with Gasteiger partial charge in [0.1, 0.15) is 5.56 Å². The average Bonchev–Trinajstić information content (AvgIpc) is 2.65. The number of alkyl halides is 3. The number of halogens is 3. The lowest BCUT2D eigenvalue weighted by atomic mass is 9.78. The largest absolute Gasteiger partial charge is 0.491 e. The highest BCUT2D eigenvalue weighted by Crippen LogP contribution is 2.39. The van der Waals surface area contributed by atoms with Crippen LogP contribution in [0, 0.1) is 0 Å². The summed E-state index contributed by atoms with van der Waals surface area (Å²) in [5, 5.41) is 0. The van der Waals surface area contributed by atoms with Gasteiger partial charge in [-0.25, -0.2) is 0 Å². The van der Waals surface area contributed by atoms with Crippen LogP contribution in [0.5, 0.6) is 0 Å². The summed E-state index contributed by atoms with van der Waals surface area (Å²) < 4.78 is 50.3.